The summed E-state index contributed by atoms with van der Waals surface area (Å²) in [4.78, 5) is 31.0. The minimum absolute atomic E-state index is 0.0101. The number of carboxylic acids is 1. The molecule has 378 valence electrons. The molecule has 1 aromatic heterocycles. The predicted molar refractivity (Wildman–Crippen MR) is 303 cm³/mol. The number of nitrogens with zero attached hydrogens (tertiary/aromatic N) is 3. The lowest BCUT2D eigenvalue weighted by Crippen LogP contribution is -2.26. The Morgan fingerprint density at radius 2 is 1.14 bits per heavy atom. The highest BCUT2D eigenvalue weighted by Gasteiger charge is 2.44. The second-order valence-electron chi connectivity index (χ2n) is 19.9. The van der Waals surface area contributed by atoms with Gasteiger partial charge in [0, 0.05) is 42.5 Å². The van der Waals surface area contributed by atoms with Crippen LogP contribution in [0.4, 0.5) is 22.7 Å². The molecule has 1 aliphatic heterocycles. The standard InChI is InChI=1S/C63H63N3O6S2/c1-5-9-35-62(36-10-6-2)54-19-15-13-17-49(54)51-32-27-45(39-56(51)62)65(46-28-33-52-50-18-14-16-20-55(50)63(37-11-7-3,38-12-8-4)57(52)40-46)43-23-21-42(22-24-43)58-34-31-48(73-58)41-53-59(61(68)69)64-66(60(53)67)44-25-29-47(30-26-44)74-72-71-70/h13-34,39-41,70H,5-12,35-38H2,1-4H3,(H,68,69). The van der Waals surface area contributed by atoms with E-state index in [1.54, 1.807) is 30.3 Å². The molecule has 3 aliphatic rings. The molecule has 2 heterocycles. The van der Waals surface area contributed by atoms with Gasteiger partial charge in [-0.05, 0) is 155 Å². The number of carboxylic acid groups (broad SMARTS) is 1. The topological polar surface area (TPSA) is 112 Å². The third-order valence-electron chi connectivity index (χ3n) is 15.5. The molecular formula is C63H63N3O6S2. The van der Waals surface area contributed by atoms with Crippen LogP contribution in [0.15, 0.2) is 161 Å². The highest BCUT2D eigenvalue weighted by Crippen LogP contribution is 2.58. The number of thiophene rings is 1. The van der Waals surface area contributed by atoms with Gasteiger partial charge >= 0.3 is 5.97 Å². The van der Waals surface area contributed by atoms with Crippen LogP contribution in [0, 0.1) is 0 Å². The SMILES string of the molecule is CCCCC1(CCCC)c2ccccc2-c2ccc(N(c3ccc(-c4ccc(C=C5C(=O)N(c6ccc(SOOO)cc6)N=C5C(=O)O)s4)cc3)c3ccc4c(c3)C(CCCC)(CCCC)c3ccccc3-4)cc21. The zero-order valence-electron chi connectivity index (χ0n) is 42.6. The smallest absolute Gasteiger partial charge is 0.357 e. The van der Waals surface area contributed by atoms with Crippen LogP contribution in [-0.4, -0.2) is 28.0 Å². The second kappa shape index (κ2) is 22.1. The van der Waals surface area contributed by atoms with E-state index in [1.165, 1.54) is 55.8 Å². The van der Waals surface area contributed by atoms with Crippen LogP contribution in [0.25, 0.3) is 38.8 Å². The molecule has 0 unspecified atom stereocenters. The van der Waals surface area contributed by atoms with Gasteiger partial charge in [0.2, 0.25) is 0 Å². The number of hydrogen-bond donors (Lipinski definition) is 2. The van der Waals surface area contributed by atoms with E-state index in [4.69, 9.17) is 5.26 Å². The maximum Gasteiger partial charge on any atom is 0.357 e. The summed E-state index contributed by atoms with van der Waals surface area (Å²) in [7, 11) is 0. The second-order valence-corrected chi connectivity index (χ2v) is 21.8. The van der Waals surface area contributed by atoms with E-state index < -0.39 is 11.9 Å². The molecule has 74 heavy (non-hydrogen) atoms. The first-order chi connectivity index (χ1) is 36.2. The van der Waals surface area contributed by atoms with Gasteiger partial charge in [-0.3, -0.25) is 4.79 Å². The van der Waals surface area contributed by atoms with E-state index in [-0.39, 0.29) is 22.1 Å². The number of rotatable bonds is 22. The van der Waals surface area contributed by atoms with Crippen molar-refractivity contribution in [3.8, 4) is 32.7 Å². The normalized spacial score (nSPS) is 15.3. The van der Waals surface area contributed by atoms with Crippen LogP contribution in [0.2, 0.25) is 0 Å². The van der Waals surface area contributed by atoms with Crippen LogP contribution in [-0.2, 0) is 29.8 Å². The van der Waals surface area contributed by atoms with Crippen LogP contribution >= 0.6 is 23.4 Å². The molecule has 2 N–H and O–H groups in total. The van der Waals surface area contributed by atoms with E-state index >= 15 is 0 Å². The molecule has 0 spiro atoms. The van der Waals surface area contributed by atoms with Crippen molar-refractivity contribution in [2.24, 2.45) is 5.10 Å². The molecule has 0 radical (unpaired) electrons. The molecule has 11 heteroatoms. The highest BCUT2D eigenvalue weighted by molar-refractivity contribution is 7.94. The summed E-state index contributed by atoms with van der Waals surface area (Å²) in [5, 5.41) is 27.6. The van der Waals surface area contributed by atoms with Crippen LogP contribution < -0.4 is 9.91 Å². The van der Waals surface area contributed by atoms with Crippen molar-refractivity contribution in [2.75, 3.05) is 9.91 Å². The Kier molecular flexibility index (Phi) is 15.2. The Hall–Kier alpha value is -6.60. The summed E-state index contributed by atoms with van der Waals surface area (Å²) in [5.74, 6) is -1.85. The summed E-state index contributed by atoms with van der Waals surface area (Å²) in [6.45, 7) is 9.24. The van der Waals surface area contributed by atoms with Gasteiger partial charge in [-0.15, -0.1) is 15.7 Å². The Labute approximate surface area is 443 Å². The number of amides is 1. The van der Waals surface area contributed by atoms with Gasteiger partial charge in [0.05, 0.1) is 23.3 Å². The average Bonchev–Trinajstić information content (AvgIpc) is 4.18. The van der Waals surface area contributed by atoms with Gasteiger partial charge in [-0.2, -0.15) is 10.1 Å². The van der Waals surface area contributed by atoms with Gasteiger partial charge in [-0.25, -0.2) is 10.1 Å². The van der Waals surface area contributed by atoms with Crippen molar-refractivity contribution in [2.45, 2.75) is 120 Å². The summed E-state index contributed by atoms with van der Waals surface area (Å²) >= 11 is 2.26. The molecule has 0 saturated carbocycles. The van der Waals surface area contributed by atoms with Crippen molar-refractivity contribution in [1.29, 1.82) is 0 Å². The van der Waals surface area contributed by atoms with Gasteiger partial charge < -0.3 is 10.0 Å². The monoisotopic (exact) mass is 1020 g/mol. The van der Waals surface area contributed by atoms with E-state index in [1.807, 2.05) is 12.1 Å². The molecule has 1 amide bonds. The molecule has 0 fully saturated rings. The maximum absolute atomic E-state index is 13.8. The van der Waals surface area contributed by atoms with E-state index in [2.05, 4.69) is 156 Å². The fraction of sp³-hybridized carbons (Fsp3) is 0.286. The summed E-state index contributed by atoms with van der Waals surface area (Å²) in [6, 6.07) is 52.0. The first-order valence-electron chi connectivity index (χ1n) is 26.3. The van der Waals surface area contributed by atoms with Crippen molar-refractivity contribution in [3.05, 3.63) is 178 Å². The van der Waals surface area contributed by atoms with Crippen molar-refractivity contribution >= 4 is 69.8 Å². The lowest BCUT2D eigenvalue weighted by Gasteiger charge is -2.35. The number of fused-ring (bicyclic) bond motifs is 6. The van der Waals surface area contributed by atoms with E-state index in [0.717, 1.165) is 126 Å². The minimum atomic E-state index is -1.30. The molecule has 10 rings (SSSR count). The van der Waals surface area contributed by atoms with Crippen molar-refractivity contribution in [1.82, 2.24) is 0 Å². The lowest BCUT2D eigenvalue weighted by molar-refractivity contribution is -0.432. The fourth-order valence-electron chi connectivity index (χ4n) is 11.9. The summed E-state index contributed by atoms with van der Waals surface area (Å²) in [6.07, 6.45) is 15.3. The Morgan fingerprint density at radius 3 is 1.64 bits per heavy atom. The van der Waals surface area contributed by atoms with E-state index in [0.29, 0.717) is 10.6 Å². The van der Waals surface area contributed by atoms with Crippen LogP contribution in [0.5, 0.6) is 0 Å². The zero-order valence-corrected chi connectivity index (χ0v) is 44.2. The molecule has 6 aromatic carbocycles. The van der Waals surface area contributed by atoms with Crippen molar-refractivity contribution < 1.29 is 29.3 Å². The molecular weight excluding hydrogens is 959 g/mol. The van der Waals surface area contributed by atoms with Crippen LogP contribution in [0.1, 0.15) is 132 Å². The number of aliphatic carboxylic acids is 1. The zero-order chi connectivity index (χ0) is 51.4. The number of carbonyl (C=O) groups is 2. The number of anilines is 4. The Balaban J connectivity index is 1.05. The third kappa shape index (κ3) is 9.34. The fourth-order valence-corrected chi connectivity index (χ4v) is 13.2. The first-order valence-corrected chi connectivity index (χ1v) is 27.9. The van der Waals surface area contributed by atoms with Gasteiger partial charge in [0.15, 0.2) is 5.71 Å². The summed E-state index contributed by atoms with van der Waals surface area (Å²) < 4.78 is 4.50. The lowest BCUT2D eigenvalue weighted by atomic mass is 9.70. The number of hydrazone groups is 1. The minimum Gasteiger partial charge on any atom is -0.476 e. The number of hydrogen-bond acceptors (Lipinski definition) is 9. The molecule has 0 atom stereocenters. The molecule has 7 aromatic rings. The number of benzene rings is 6. The molecule has 0 saturated heterocycles. The Bertz CT molecular complexity index is 3110. The molecule has 0 bridgehead atoms. The molecule has 2 aliphatic carbocycles. The van der Waals surface area contributed by atoms with Gasteiger partial charge in [-0.1, -0.05) is 157 Å². The van der Waals surface area contributed by atoms with Gasteiger partial charge in [0.1, 0.15) is 0 Å². The quantitative estimate of drug-likeness (QED) is 0.0299. The first kappa shape index (κ1) is 50.9. The largest absolute Gasteiger partial charge is 0.476 e. The predicted octanol–water partition coefficient (Wildman–Crippen LogP) is 17.5. The number of carbonyl (C=O) groups excluding carboxylic acids is 1. The highest BCUT2D eigenvalue weighted by atomic mass is 32.2. The summed E-state index contributed by atoms with van der Waals surface area (Å²) in [5.41, 5.74) is 15.5. The van der Waals surface area contributed by atoms with Gasteiger partial charge in [0.25, 0.3) is 5.91 Å². The molecule has 9 nitrogen and oxygen atoms in total. The third-order valence-corrected chi connectivity index (χ3v) is 17.2. The average molecular weight is 1020 g/mol. The number of unbranched alkanes of at least 4 members (excludes halogenated alkanes) is 4. The van der Waals surface area contributed by atoms with E-state index in [9.17, 15) is 14.7 Å². The van der Waals surface area contributed by atoms with Crippen LogP contribution in [0.3, 0.4) is 0 Å². The maximum atomic E-state index is 13.8. The Morgan fingerprint density at radius 1 is 0.635 bits per heavy atom. The van der Waals surface area contributed by atoms with Crippen molar-refractivity contribution in [3.63, 3.8) is 0 Å².